The summed E-state index contributed by atoms with van der Waals surface area (Å²) in [5.74, 6) is 0.267. The first kappa shape index (κ1) is 23.7. The van der Waals surface area contributed by atoms with E-state index in [1.807, 2.05) is 32.1 Å². The number of alkyl halides is 2. The highest BCUT2D eigenvalue weighted by Crippen LogP contribution is 2.42. The molecule has 1 atom stereocenters. The van der Waals surface area contributed by atoms with Crippen LogP contribution in [-0.4, -0.2) is 31.9 Å². The monoisotopic (exact) mass is 392 g/mol. The largest absolute Gasteiger partial charge is 0.468 e. The Kier molecular flexibility index (Phi) is 10.3. The highest BCUT2D eigenvalue weighted by Gasteiger charge is 2.30. The average molecular weight is 392 g/mol. The summed E-state index contributed by atoms with van der Waals surface area (Å²) in [4.78, 5) is 13.4. The molecule has 28 heavy (non-hydrogen) atoms. The zero-order chi connectivity index (χ0) is 21.1. The summed E-state index contributed by atoms with van der Waals surface area (Å²) in [6.07, 6.45) is 8.75. The topological polar surface area (TPSA) is 64.7 Å². The molecular formula is C22H30F2N2O2. The SMILES string of the molecule is C=C1C=C(/C(C)=C/C=C(\C(=C\CC)C(F)F)C2CC2)C=NC1N.CCOC=O. The Bertz CT molecular complexity index is 699. The van der Waals surface area contributed by atoms with Crippen molar-refractivity contribution >= 4 is 12.7 Å². The van der Waals surface area contributed by atoms with Crippen LogP contribution >= 0.6 is 0 Å². The highest BCUT2D eigenvalue weighted by molar-refractivity contribution is 5.87. The Morgan fingerprint density at radius 2 is 2.07 bits per heavy atom. The Balaban J connectivity index is 0.000000696. The third-order valence-electron chi connectivity index (χ3n) is 4.31. The number of nitrogens with two attached hydrogens (primary N) is 1. The zero-order valence-corrected chi connectivity index (χ0v) is 16.8. The van der Waals surface area contributed by atoms with Crippen molar-refractivity contribution in [2.45, 2.75) is 52.6 Å². The summed E-state index contributed by atoms with van der Waals surface area (Å²) in [5.41, 5.74) is 9.33. The van der Waals surface area contributed by atoms with Crippen LogP contribution in [0.25, 0.3) is 0 Å². The fourth-order valence-corrected chi connectivity index (χ4v) is 2.59. The number of rotatable bonds is 8. The number of allylic oxidation sites excluding steroid dienone is 7. The van der Waals surface area contributed by atoms with Crippen molar-refractivity contribution in [2.24, 2.45) is 16.6 Å². The van der Waals surface area contributed by atoms with Gasteiger partial charge in [-0.1, -0.05) is 31.7 Å². The van der Waals surface area contributed by atoms with E-state index in [-0.39, 0.29) is 17.7 Å². The second kappa shape index (κ2) is 12.2. The number of aliphatic imine (C=N–C) groups is 1. The lowest BCUT2D eigenvalue weighted by atomic mass is 9.97. The molecule has 0 bridgehead atoms. The van der Waals surface area contributed by atoms with Gasteiger partial charge in [0.05, 0.1) is 6.61 Å². The molecule has 0 radical (unpaired) electrons. The quantitative estimate of drug-likeness (QED) is 0.472. The lowest BCUT2D eigenvalue weighted by Crippen LogP contribution is -2.21. The predicted molar refractivity (Wildman–Crippen MR) is 110 cm³/mol. The molecule has 0 spiro atoms. The molecule has 1 fully saturated rings. The van der Waals surface area contributed by atoms with Crippen LogP contribution in [0.1, 0.15) is 40.0 Å². The first-order chi connectivity index (χ1) is 13.3. The third kappa shape index (κ3) is 7.72. The number of nitrogens with zero attached hydrogens (tertiary/aromatic N) is 1. The summed E-state index contributed by atoms with van der Waals surface area (Å²) < 4.78 is 30.8. The Morgan fingerprint density at radius 1 is 1.39 bits per heavy atom. The van der Waals surface area contributed by atoms with Gasteiger partial charge in [0.1, 0.15) is 6.17 Å². The van der Waals surface area contributed by atoms with E-state index in [0.717, 1.165) is 35.1 Å². The van der Waals surface area contributed by atoms with Crippen molar-refractivity contribution in [1.82, 2.24) is 0 Å². The van der Waals surface area contributed by atoms with Gasteiger partial charge in [0, 0.05) is 11.8 Å². The first-order valence-electron chi connectivity index (χ1n) is 9.47. The highest BCUT2D eigenvalue weighted by atomic mass is 19.3. The molecule has 2 aliphatic rings. The summed E-state index contributed by atoms with van der Waals surface area (Å²) in [7, 11) is 0. The third-order valence-corrected chi connectivity index (χ3v) is 4.31. The van der Waals surface area contributed by atoms with Crippen LogP contribution in [0.3, 0.4) is 0 Å². The summed E-state index contributed by atoms with van der Waals surface area (Å²) in [5, 5.41) is 0. The number of hydrogen-bond donors (Lipinski definition) is 1. The molecular weight excluding hydrogens is 362 g/mol. The molecule has 1 unspecified atom stereocenters. The fourth-order valence-electron chi connectivity index (χ4n) is 2.59. The molecule has 0 saturated heterocycles. The van der Waals surface area contributed by atoms with Crippen LogP contribution in [0.15, 0.2) is 63.7 Å². The van der Waals surface area contributed by atoms with Gasteiger partial charge < -0.3 is 10.5 Å². The van der Waals surface area contributed by atoms with Crippen LogP contribution in [0, 0.1) is 5.92 Å². The van der Waals surface area contributed by atoms with Gasteiger partial charge in [-0.3, -0.25) is 9.79 Å². The van der Waals surface area contributed by atoms with Crippen LogP contribution < -0.4 is 5.73 Å². The maximum atomic E-state index is 13.3. The molecule has 1 saturated carbocycles. The number of halogens is 2. The van der Waals surface area contributed by atoms with Gasteiger partial charge in [0.25, 0.3) is 12.9 Å². The van der Waals surface area contributed by atoms with E-state index in [1.54, 1.807) is 19.2 Å². The van der Waals surface area contributed by atoms with Gasteiger partial charge in [-0.05, 0) is 67.4 Å². The number of ether oxygens (including phenoxy) is 1. The van der Waals surface area contributed by atoms with Gasteiger partial charge in [-0.25, -0.2) is 8.78 Å². The van der Waals surface area contributed by atoms with Crippen molar-refractivity contribution in [2.75, 3.05) is 6.61 Å². The van der Waals surface area contributed by atoms with E-state index in [2.05, 4.69) is 16.3 Å². The molecule has 0 aromatic heterocycles. The lowest BCUT2D eigenvalue weighted by molar-refractivity contribution is -0.128. The Hall–Kier alpha value is -2.34. The molecule has 154 valence electrons. The maximum absolute atomic E-state index is 13.3. The molecule has 4 nitrogen and oxygen atoms in total. The standard InChI is InChI=1S/C19H24F2N2.C3H6O2/c1-4-5-17(18(20)21)16(14-7-8-14)9-6-12(2)15-10-13(3)19(22)23-11-15;1-2-5-3-4/h5-6,9-11,14,18-19H,3-4,7-8,22H2,1-2H3;3H,2H2,1H3/b12-6+,16-9-,17-5-;. The van der Waals surface area contributed by atoms with Crippen LogP contribution in [0.5, 0.6) is 0 Å². The molecule has 1 aliphatic carbocycles. The number of carbonyl (C=O) groups excluding carboxylic acids is 1. The predicted octanol–water partition coefficient (Wildman–Crippen LogP) is 4.90. The van der Waals surface area contributed by atoms with E-state index in [1.165, 1.54) is 0 Å². The average Bonchev–Trinajstić information content (AvgIpc) is 3.49. The van der Waals surface area contributed by atoms with Crippen molar-refractivity contribution in [3.63, 3.8) is 0 Å². The molecule has 2 N–H and O–H groups in total. The minimum absolute atomic E-state index is 0.178. The Morgan fingerprint density at radius 3 is 2.50 bits per heavy atom. The fraction of sp³-hybridized carbons (Fsp3) is 0.455. The van der Waals surface area contributed by atoms with E-state index < -0.39 is 6.43 Å². The zero-order valence-electron chi connectivity index (χ0n) is 16.8. The van der Waals surface area contributed by atoms with E-state index in [0.29, 0.717) is 19.5 Å². The minimum atomic E-state index is -2.43. The van der Waals surface area contributed by atoms with E-state index in [9.17, 15) is 13.6 Å². The number of dihydropyridines is 1. The summed E-state index contributed by atoms with van der Waals surface area (Å²) in [6, 6.07) is 0. The summed E-state index contributed by atoms with van der Waals surface area (Å²) >= 11 is 0. The van der Waals surface area contributed by atoms with Gasteiger partial charge in [-0.2, -0.15) is 0 Å². The minimum Gasteiger partial charge on any atom is -0.468 e. The van der Waals surface area contributed by atoms with Gasteiger partial charge >= 0.3 is 0 Å². The number of carbonyl (C=O) groups is 1. The molecule has 0 aromatic carbocycles. The van der Waals surface area contributed by atoms with Crippen molar-refractivity contribution in [3.05, 3.63) is 58.7 Å². The molecule has 6 heteroatoms. The molecule has 0 aromatic rings. The van der Waals surface area contributed by atoms with Crippen LogP contribution in [0.2, 0.25) is 0 Å². The van der Waals surface area contributed by atoms with Gasteiger partial charge in [0.2, 0.25) is 0 Å². The second-order valence-electron chi connectivity index (χ2n) is 6.56. The maximum Gasteiger partial charge on any atom is 0.293 e. The first-order valence-corrected chi connectivity index (χ1v) is 9.47. The molecule has 2 rings (SSSR count). The molecule has 1 heterocycles. The number of hydrogen-bond acceptors (Lipinski definition) is 4. The van der Waals surface area contributed by atoms with Crippen molar-refractivity contribution in [3.8, 4) is 0 Å². The summed E-state index contributed by atoms with van der Waals surface area (Å²) in [6.45, 7) is 10.4. The van der Waals surface area contributed by atoms with E-state index >= 15 is 0 Å². The Labute approximate surface area is 166 Å². The lowest BCUT2D eigenvalue weighted by Gasteiger charge is -2.14. The molecule has 1 aliphatic heterocycles. The van der Waals surface area contributed by atoms with Crippen molar-refractivity contribution in [1.29, 1.82) is 0 Å². The van der Waals surface area contributed by atoms with Gasteiger partial charge in [-0.15, -0.1) is 0 Å². The van der Waals surface area contributed by atoms with E-state index in [4.69, 9.17) is 5.73 Å². The van der Waals surface area contributed by atoms with Crippen LogP contribution in [0.4, 0.5) is 8.78 Å². The van der Waals surface area contributed by atoms with Crippen molar-refractivity contribution < 1.29 is 18.3 Å². The van der Waals surface area contributed by atoms with Gasteiger partial charge in [0.15, 0.2) is 0 Å². The molecule has 0 amide bonds. The second-order valence-corrected chi connectivity index (χ2v) is 6.56. The van der Waals surface area contributed by atoms with Crippen LogP contribution in [-0.2, 0) is 9.53 Å². The smallest absolute Gasteiger partial charge is 0.293 e. The normalized spacial score (nSPS) is 20.5.